The van der Waals surface area contributed by atoms with E-state index in [0.29, 0.717) is 0 Å². The van der Waals surface area contributed by atoms with Crippen LogP contribution in [0.1, 0.15) is 13.3 Å². The average molecular weight is 297 g/mol. The molecule has 1 atom stereocenters. The second-order valence-electron chi connectivity index (χ2n) is 3.62. The highest BCUT2D eigenvalue weighted by atomic mass is 32.2. The molecule has 0 aliphatic heterocycles. The molecule has 5 nitrogen and oxygen atoms in total. The van der Waals surface area contributed by atoms with Gasteiger partial charge in [0.2, 0.25) is 10.0 Å². The summed E-state index contributed by atoms with van der Waals surface area (Å²) in [7, 11) is -4.74. The molecule has 0 heterocycles. The van der Waals surface area contributed by atoms with Crippen molar-refractivity contribution in [2.75, 3.05) is 0 Å². The summed E-state index contributed by atoms with van der Waals surface area (Å²) in [6.07, 6.45) is -0.126. The first kappa shape index (κ1) is 15.4. The van der Waals surface area contributed by atoms with Crippen LogP contribution in [0.3, 0.4) is 0 Å². The van der Waals surface area contributed by atoms with E-state index in [1.807, 2.05) is 0 Å². The minimum atomic E-state index is -4.74. The molecule has 0 spiro atoms. The number of aliphatic carboxylic acids is 1. The van der Waals surface area contributed by atoms with Crippen LogP contribution in [-0.2, 0) is 14.8 Å². The lowest BCUT2D eigenvalue weighted by atomic mass is 10.2. The summed E-state index contributed by atoms with van der Waals surface area (Å²) in [5, 5.41) is 8.69. The van der Waals surface area contributed by atoms with Crippen molar-refractivity contribution < 1.29 is 31.5 Å². The number of benzene rings is 1. The van der Waals surface area contributed by atoms with Crippen LogP contribution in [0.2, 0.25) is 0 Å². The summed E-state index contributed by atoms with van der Waals surface area (Å²) in [6, 6.07) is -1.15. The van der Waals surface area contributed by atoms with Crippen molar-refractivity contribution in [1.82, 2.24) is 4.72 Å². The summed E-state index contributed by atoms with van der Waals surface area (Å²) < 4.78 is 64.3. The van der Waals surface area contributed by atoms with Crippen LogP contribution in [-0.4, -0.2) is 25.5 Å². The van der Waals surface area contributed by atoms with Crippen molar-refractivity contribution in [2.45, 2.75) is 24.3 Å². The molecule has 0 saturated heterocycles. The molecule has 0 radical (unpaired) electrons. The Balaban J connectivity index is 3.25. The Hall–Kier alpha value is -1.61. The summed E-state index contributed by atoms with van der Waals surface area (Å²) in [5.41, 5.74) is 0. The van der Waals surface area contributed by atoms with Crippen LogP contribution in [0, 0.1) is 17.5 Å². The van der Waals surface area contributed by atoms with Gasteiger partial charge >= 0.3 is 5.97 Å². The van der Waals surface area contributed by atoms with Crippen LogP contribution < -0.4 is 4.72 Å². The van der Waals surface area contributed by atoms with E-state index in [1.165, 1.54) is 6.92 Å². The maximum absolute atomic E-state index is 13.3. The average Bonchev–Trinajstić information content (AvgIpc) is 2.23. The SMILES string of the molecule is CCC(NS(=O)(=O)c1c(F)cc(F)cc1F)C(=O)O. The van der Waals surface area contributed by atoms with Gasteiger partial charge in [0.15, 0.2) is 4.90 Å². The third kappa shape index (κ3) is 3.44. The van der Waals surface area contributed by atoms with Gasteiger partial charge in [0, 0.05) is 12.1 Å². The highest BCUT2D eigenvalue weighted by Gasteiger charge is 2.29. The highest BCUT2D eigenvalue weighted by molar-refractivity contribution is 7.89. The van der Waals surface area contributed by atoms with E-state index in [9.17, 15) is 26.4 Å². The molecule has 1 aromatic carbocycles. The van der Waals surface area contributed by atoms with Crippen molar-refractivity contribution in [3.63, 3.8) is 0 Å². The van der Waals surface area contributed by atoms with E-state index in [4.69, 9.17) is 5.11 Å². The first-order valence-corrected chi connectivity index (χ1v) is 6.57. The standard InChI is InChI=1S/C10H10F3NO4S/c1-2-8(10(15)16)14-19(17,18)9-6(12)3-5(11)4-7(9)13/h3-4,8,14H,2H2,1H3,(H,15,16). The zero-order chi connectivity index (χ0) is 14.8. The minimum absolute atomic E-state index is 0.126. The van der Waals surface area contributed by atoms with Gasteiger partial charge in [-0.1, -0.05) is 6.92 Å². The monoisotopic (exact) mass is 297 g/mol. The van der Waals surface area contributed by atoms with Gasteiger partial charge < -0.3 is 5.11 Å². The summed E-state index contributed by atoms with van der Waals surface area (Å²) in [6.45, 7) is 1.37. The summed E-state index contributed by atoms with van der Waals surface area (Å²) >= 11 is 0. The molecule has 0 amide bonds. The molecule has 0 aromatic heterocycles. The number of halogens is 3. The number of rotatable bonds is 5. The fraction of sp³-hybridized carbons (Fsp3) is 0.300. The van der Waals surface area contributed by atoms with Gasteiger partial charge in [-0.15, -0.1) is 0 Å². The Labute approximate surface area is 107 Å². The van der Waals surface area contributed by atoms with Crippen molar-refractivity contribution in [1.29, 1.82) is 0 Å². The van der Waals surface area contributed by atoms with Crippen LogP contribution >= 0.6 is 0 Å². The second kappa shape index (κ2) is 5.57. The largest absolute Gasteiger partial charge is 0.480 e. The van der Waals surface area contributed by atoms with Gasteiger partial charge in [-0.2, -0.15) is 4.72 Å². The van der Waals surface area contributed by atoms with E-state index >= 15 is 0 Å². The molecule has 0 fully saturated rings. The van der Waals surface area contributed by atoms with Crippen molar-refractivity contribution in [3.8, 4) is 0 Å². The fourth-order valence-corrected chi connectivity index (χ4v) is 2.73. The zero-order valence-corrected chi connectivity index (χ0v) is 10.5. The third-order valence-electron chi connectivity index (χ3n) is 2.24. The smallest absolute Gasteiger partial charge is 0.321 e. The van der Waals surface area contributed by atoms with Crippen molar-refractivity contribution >= 4 is 16.0 Å². The predicted molar refractivity (Wildman–Crippen MR) is 58.4 cm³/mol. The maximum Gasteiger partial charge on any atom is 0.321 e. The van der Waals surface area contributed by atoms with E-state index < -0.39 is 44.4 Å². The minimum Gasteiger partial charge on any atom is -0.480 e. The van der Waals surface area contributed by atoms with E-state index in [1.54, 1.807) is 4.72 Å². The second-order valence-corrected chi connectivity index (χ2v) is 5.27. The Bertz CT molecular complexity index is 580. The molecule has 0 aliphatic rings. The van der Waals surface area contributed by atoms with Gasteiger partial charge in [-0.05, 0) is 6.42 Å². The molecule has 19 heavy (non-hydrogen) atoms. The van der Waals surface area contributed by atoms with Gasteiger partial charge in [0.05, 0.1) is 0 Å². The highest BCUT2D eigenvalue weighted by Crippen LogP contribution is 2.20. The summed E-state index contributed by atoms with van der Waals surface area (Å²) in [4.78, 5) is 9.28. The van der Waals surface area contributed by atoms with Crippen molar-refractivity contribution in [3.05, 3.63) is 29.6 Å². The van der Waals surface area contributed by atoms with Crippen LogP contribution in [0.4, 0.5) is 13.2 Å². The molecular formula is C10H10F3NO4S. The number of sulfonamides is 1. The van der Waals surface area contributed by atoms with E-state index in [0.717, 1.165) is 0 Å². The maximum atomic E-state index is 13.3. The predicted octanol–water partition coefficient (Wildman–Crippen LogP) is 1.25. The van der Waals surface area contributed by atoms with Crippen LogP contribution in [0.25, 0.3) is 0 Å². The molecule has 0 bridgehead atoms. The van der Waals surface area contributed by atoms with Gasteiger partial charge in [-0.3, -0.25) is 4.79 Å². The Morgan fingerprint density at radius 2 is 1.79 bits per heavy atom. The van der Waals surface area contributed by atoms with E-state index in [2.05, 4.69) is 0 Å². The molecule has 1 aromatic rings. The third-order valence-corrected chi connectivity index (χ3v) is 3.76. The first-order chi connectivity index (χ1) is 8.69. The van der Waals surface area contributed by atoms with Gasteiger partial charge in [-0.25, -0.2) is 21.6 Å². The van der Waals surface area contributed by atoms with Gasteiger partial charge in [0.25, 0.3) is 0 Å². The lowest BCUT2D eigenvalue weighted by Gasteiger charge is -2.13. The number of carbonyl (C=O) groups is 1. The number of carboxylic acid groups (broad SMARTS) is 1. The van der Waals surface area contributed by atoms with Crippen LogP contribution in [0.5, 0.6) is 0 Å². The number of hydrogen-bond acceptors (Lipinski definition) is 3. The van der Waals surface area contributed by atoms with E-state index in [-0.39, 0.29) is 18.6 Å². The Kier molecular flexibility index (Phi) is 4.53. The molecule has 0 saturated carbocycles. The quantitative estimate of drug-likeness (QED) is 0.856. The van der Waals surface area contributed by atoms with Gasteiger partial charge in [0.1, 0.15) is 23.5 Å². The Morgan fingerprint density at radius 1 is 1.32 bits per heavy atom. The normalized spacial score (nSPS) is 13.3. The molecule has 9 heteroatoms. The molecular weight excluding hydrogens is 287 g/mol. The van der Waals surface area contributed by atoms with Crippen molar-refractivity contribution in [2.24, 2.45) is 0 Å². The molecule has 1 unspecified atom stereocenters. The Morgan fingerprint density at radius 3 is 2.16 bits per heavy atom. The molecule has 2 N–H and O–H groups in total. The first-order valence-electron chi connectivity index (χ1n) is 5.08. The number of hydrogen-bond donors (Lipinski definition) is 2. The number of carboxylic acids is 1. The molecule has 106 valence electrons. The zero-order valence-electron chi connectivity index (χ0n) is 9.65. The molecule has 1 rings (SSSR count). The number of nitrogens with one attached hydrogen (secondary N) is 1. The topological polar surface area (TPSA) is 83.5 Å². The summed E-state index contributed by atoms with van der Waals surface area (Å²) in [5.74, 6) is -6.04. The fourth-order valence-electron chi connectivity index (χ4n) is 1.34. The molecule has 0 aliphatic carbocycles. The lowest BCUT2D eigenvalue weighted by Crippen LogP contribution is -2.40. The van der Waals surface area contributed by atoms with Crippen LogP contribution in [0.15, 0.2) is 17.0 Å². The lowest BCUT2D eigenvalue weighted by molar-refractivity contribution is -0.139.